The molecule has 3 N–H and O–H groups in total. The van der Waals surface area contributed by atoms with Crippen LogP contribution in [-0.2, 0) is 0 Å². The van der Waals surface area contributed by atoms with Crippen LogP contribution in [0.2, 0.25) is 0 Å². The summed E-state index contributed by atoms with van der Waals surface area (Å²) in [7, 11) is 0. The molecule has 0 aliphatic heterocycles. The zero-order valence-corrected chi connectivity index (χ0v) is 25.8. The zero-order valence-electron chi connectivity index (χ0n) is 23.8. The maximum atomic E-state index is 12.8. The molecule has 228 valence electrons. The minimum atomic E-state index is -0.637. The monoisotopic (exact) mass is 632 g/mol. The number of carbonyl (C=O) groups excluding carboxylic acids is 1. The van der Waals surface area contributed by atoms with E-state index in [9.17, 15) is 13.6 Å². The third-order valence-electron chi connectivity index (χ3n) is 5.73. The standard InChI is InChI=1S/C16H12FN3O2.C15H11FN2O.CHNO.CH4.Na/c17-12-3-7-14(8-4-12)22-13-5-1-11(2-6-13)15-9-10-20(19-15)16(18)21;16-12-3-7-14(8-4-12)19-13-5-1-11(2-6-13)15-9-10-17-18-15;2-1-3;;/h1-10H,(H2,18,21);1-10H,(H,17,18);3H;1H4;/q;;;;+1/p-1. The second-order valence-corrected chi connectivity index (χ2v) is 8.71. The average molecular weight is 633 g/mol. The van der Waals surface area contributed by atoms with Gasteiger partial charge in [0.15, 0.2) is 0 Å². The number of halogens is 2. The van der Waals surface area contributed by atoms with Gasteiger partial charge in [-0.25, -0.2) is 18.8 Å². The maximum Gasteiger partial charge on any atom is 1.00 e. The molecule has 46 heavy (non-hydrogen) atoms. The summed E-state index contributed by atoms with van der Waals surface area (Å²) in [5.74, 6) is 1.89. The van der Waals surface area contributed by atoms with Crippen molar-refractivity contribution in [2.75, 3.05) is 0 Å². The van der Waals surface area contributed by atoms with Crippen molar-refractivity contribution < 1.29 is 57.7 Å². The smallest absolute Gasteiger partial charge is 0.812 e. The number of H-pyrrole nitrogens is 1. The van der Waals surface area contributed by atoms with Crippen LogP contribution < -0.4 is 49.9 Å². The van der Waals surface area contributed by atoms with Gasteiger partial charge in [0.05, 0.1) is 11.4 Å². The molecule has 0 saturated carbocycles. The summed E-state index contributed by atoms with van der Waals surface area (Å²) in [6, 6.07) is 29.4. The fraction of sp³-hybridized carbons (Fsp3) is 0.0303. The number of aromatic nitrogens is 4. The van der Waals surface area contributed by atoms with E-state index in [1.54, 1.807) is 48.7 Å². The van der Waals surface area contributed by atoms with Crippen molar-refractivity contribution in [3.8, 4) is 51.8 Å². The predicted octanol–water partition coefficient (Wildman–Crippen LogP) is 3.88. The van der Waals surface area contributed by atoms with E-state index in [1.807, 2.05) is 42.5 Å². The van der Waals surface area contributed by atoms with E-state index in [0.717, 1.165) is 21.5 Å². The van der Waals surface area contributed by atoms with E-state index in [2.05, 4.69) is 15.3 Å². The Morgan fingerprint density at radius 1 is 0.761 bits per heavy atom. The first-order valence-electron chi connectivity index (χ1n) is 12.8. The second-order valence-electron chi connectivity index (χ2n) is 8.71. The Balaban J connectivity index is 0.000000286. The van der Waals surface area contributed by atoms with E-state index in [0.29, 0.717) is 34.9 Å². The number of ether oxygens (including phenoxy) is 2. The molecule has 0 bridgehead atoms. The van der Waals surface area contributed by atoms with Crippen molar-refractivity contribution in [3.05, 3.63) is 133 Å². The van der Waals surface area contributed by atoms with Crippen LogP contribution in [0.4, 0.5) is 13.6 Å². The van der Waals surface area contributed by atoms with E-state index in [4.69, 9.17) is 25.6 Å². The van der Waals surface area contributed by atoms with Gasteiger partial charge in [-0.3, -0.25) is 5.10 Å². The minimum Gasteiger partial charge on any atom is -0.812 e. The Morgan fingerprint density at radius 2 is 1.17 bits per heavy atom. The van der Waals surface area contributed by atoms with Gasteiger partial charge in [0.1, 0.15) is 34.6 Å². The second kappa shape index (κ2) is 18.4. The Bertz CT molecular complexity index is 1810. The van der Waals surface area contributed by atoms with Gasteiger partial charge < -0.3 is 20.3 Å². The molecule has 0 unspecified atom stereocenters. The Morgan fingerprint density at radius 3 is 1.54 bits per heavy atom. The summed E-state index contributed by atoms with van der Waals surface area (Å²) < 4.78 is 37.9. The van der Waals surface area contributed by atoms with Crippen LogP contribution in [0.25, 0.3) is 22.5 Å². The number of hydrogen-bond donors (Lipinski definition) is 2. The first-order chi connectivity index (χ1) is 21.3. The van der Waals surface area contributed by atoms with Crippen molar-refractivity contribution in [2.45, 2.75) is 7.43 Å². The summed E-state index contributed by atoms with van der Waals surface area (Å²) in [6.45, 7) is 0. The molecule has 6 aromatic rings. The summed E-state index contributed by atoms with van der Waals surface area (Å²) in [4.78, 5) is 11.0. The molecule has 0 radical (unpaired) electrons. The largest absolute Gasteiger partial charge is 1.00 e. The quantitative estimate of drug-likeness (QED) is 0.209. The molecule has 0 aliphatic carbocycles. The topological polar surface area (TPSA) is 155 Å². The van der Waals surface area contributed by atoms with Crippen LogP contribution in [0.1, 0.15) is 7.43 Å². The van der Waals surface area contributed by atoms with Crippen LogP contribution in [0.3, 0.4) is 0 Å². The Labute approximate surface area is 285 Å². The Kier molecular flexibility index (Phi) is 14.6. The summed E-state index contributed by atoms with van der Waals surface area (Å²) in [5.41, 5.74) is 8.58. The van der Waals surface area contributed by atoms with Crippen LogP contribution >= 0.6 is 0 Å². The van der Waals surface area contributed by atoms with Gasteiger partial charge in [-0.1, -0.05) is 7.43 Å². The average Bonchev–Trinajstić information content (AvgIpc) is 3.75. The van der Waals surface area contributed by atoms with Gasteiger partial charge in [0.2, 0.25) is 0 Å². The molecule has 4 aromatic carbocycles. The summed E-state index contributed by atoms with van der Waals surface area (Å²) in [6.07, 6.45) is 3.71. The number of primary amides is 1. The number of rotatable bonds is 6. The molecule has 2 heterocycles. The molecule has 0 fully saturated rings. The number of carbonyl (C=O) groups is 1. The molecule has 10 nitrogen and oxygen atoms in total. The van der Waals surface area contributed by atoms with Gasteiger partial charge in [0, 0.05) is 24.2 Å². The molecule has 0 aliphatic rings. The molecule has 2 aromatic heterocycles. The van der Waals surface area contributed by atoms with E-state index in [1.165, 1.54) is 30.5 Å². The van der Waals surface area contributed by atoms with Crippen LogP contribution in [0.15, 0.2) is 122 Å². The van der Waals surface area contributed by atoms with Crippen molar-refractivity contribution in [1.82, 2.24) is 20.0 Å². The molecule has 1 amide bonds. The molecule has 0 atom stereocenters. The third-order valence-corrected chi connectivity index (χ3v) is 5.73. The van der Waals surface area contributed by atoms with Gasteiger partial charge in [-0.2, -0.15) is 14.9 Å². The van der Waals surface area contributed by atoms with Gasteiger partial charge in [0.25, 0.3) is 0 Å². The van der Waals surface area contributed by atoms with Crippen LogP contribution in [0.5, 0.6) is 23.0 Å². The molecule has 0 spiro atoms. The molecular formula is C33H27F2N6NaO4. The normalized spacial score (nSPS) is 9.41. The third kappa shape index (κ3) is 10.9. The molecular weight excluding hydrogens is 605 g/mol. The van der Waals surface area contributed by atoms with Crippen molar-refractivity contribution in [2.24, 2.45) is 5.73 Å². The van der Waals surface area contributed by atoms with E-state index >= 15 is 0 Å². The maximum absolute atomic E-state index is 12.8. The fourth-order valence-corrected chi connectivity index (χ4v) is 3.69. The van der Waals surface area contributed by atoms with Gasteiger partial charge in [-0.05, 0) is 115 Å². The van der Waals surface area contributed by atoms with Gasteiger partial charge >= 0.3 is 35.6 Å². The van der Waals surface area contributed by atoms with Crippen molar-refractivity contribution in [3.63, 3.8) is 0 Å². The number of benzene rings is 4. The number of nitrogens with zero attached hydrogens (tertiary/aromatic N) is 4. The summed E-state index contributed by atoms with van der Waals surface area (Å²) in [5, 5.41) is 25.9. The molecule has 0 saturated heterocycles. The fourth-order valence-electron chi connectivity index (χ4n) is 3.69. The van der Waals surface area contributed by atoms with E-state index in [-0.39, 0.29) is 48.6 Å². The number of hydrogen-bond acceptors (Lipinski definition) is 7. The summed E-state index contributed by atoms with van der Waals surface area (Å²) >= 11 is 0. The predicted molar refractivity (Wildman–Crippen MR) is 162 cm³/mol. The number of aromatic amines is 1. The minimum absolute atomic E-state index is 0. The van der Waals surface area contributed by atoms with Crippen LogP contribution in [0, 0.1) is 23.2 Å². The van der Waals surface area contributed by atoms with E-state index < -0.39 is 6.03 Å². The first kappa shape index (κ1) is 36.7. The number of nitrogens with one attached hydrogen (secondary N) is 1. The Hall–Kier alpha value is -5.48. The number of nitriles is 1. The number of amides is 1. The SMILES string of the molecule is C.Fc1ccc(Oc2ccc(-c3ccn[nH]3)cc2)cc1.N#C[O-].NC(=O)n1ccc(-c2ccc(Oc3ccc(F)cc3)cc2)n1.[Na+]. The first-order valence-corrected chi connectivity index (χ1v) is 12.8. The van der Waals surface area contributed by atoms with Crippen molar-refractivity contribution >= 4 is 6.03 Å². The van der Waals surface area contributed by atoms with Crippen molar-refractivity contribution in [1.29, 1.82) is 5.26 Å². The number of nitrogens with two attached hydrogens (primary N) is 1. The van der Waals surface area contributed by atoms with Gasteiger partial charge in [-0.15, -0.1) is 0 Å². The van der Waals surface area contributed by atoms with Crippen LogP contribution in [-0.4, -0.2) is 26.0 Å². The molecule has 13 heteroatoms. The molecule has 6 rings (SSSR count). The zero-order chi connectivity index (χ0) is 31.3.